The van der Waals surface area contributed by atoms with Crippen LogP contribution in [0.5, 0.6) is 0 Å². The zero-order valence-corrected chi connectivity index (χ0v) is 17.7. The maximum Gasteiger partial charge on any atom is 0.255 e. The highest BCUT2D eigenvalue weighted by molar-refractivity contribution is 6.36. The fourth-order valence-electron chi connectivity index (χ4n) is 3.45. The molecule has 6 nitrogen and oxygen atoms in total. The van der Waals surface area contributed by atoms with Crippen molar-refractivity contribution in [2.75, 3.05) is 31.1 Å². The summed E-state index contributed by atoms with van der Waals surface area (Å²) in [4.78, 5) is 20.8. The number of oxazole rings is 1. The lowest BCUT2D eigenvalue weighted by molar-refractivity contribution is 0.0745. The first kappa shape index (κ1) is 20.3. The highest BCUT2D eigenvalue weighted by Crippen LogP contribution is 2.30. The molecule has 30 heavy (non-hydrogen) atoms. The second kappa shape index (κ2) is 8.39. The highest BCUT2D eigenvalue weighted by Gasteiger charge is 2.28. The monoisotopic (exact) mass is 440 g/mol. The summed E-state index contributed by atoms with van der Waals surface area (Å²) in [6.45, 7) is 3.98. The summed E-state index contributed by atoms with van der Waals surface area (Å²) in [7, 11) is 0. The van der Waals surface area contributed by atoms with Crippen LogP contribution in [0.4, 0.5) is 5.88 Å². The predicted molar refractivity (Wildman–Crippen MR) is 116 cm³/mol. The Bertz CT molecular complexity index is 1140. The number of amides is 1. The minimum Gasteiger partial charge on any atom is -0.419 e. The van der Waals surface area contributed by atoms with E-state index in [9.17, 15) is 10.1 Å². The first-order chi connectivity index (χ1) is 14.5. The Morgan fingerprint density at radius 1 is 1.13 bits per heavy atom. The van der Waals surface area contributed by atoms with Crippen LogP contribution in [-0.2, 0) is 0 Å². The number of benzene rings is 2. The average molecular weight is 441 g/mol. The topological polar surface area (TPSA) is 73.4 Å². The molecule has 1 amide bonds. The number of rotatable bonds is 3. The minimum absolute atomic E-state index is 0.144. The summed E-state index contributed by atoms with van der Waals surface area (Å²) in [5.74, 6) is 0.706. The van der Waals surface area contributed by atoms with Gasteiger partial charge in [-0.1, -0.05) is 40.9 Å². The molecule has 2 aromatic carbocycles. The molecule has 0 spiro atoms. The fourth-order valence-corrected chi connectivity index (χ4v) is 3.94. The molecule has 1 aliphatic rings. The average Bonchev–Trinajstić information content (AvgIpc) is 3.18. The van der Waals surface area contributed by atoms with E-state index in [1.807, 2.05) is 36.1 Å². The highest BCUT2D eigenvalue weighted by atomic mass is 35.5. The molecule has 0 N–H and O–H groups in total. The lowest BCUT2D eigenvalue weighted by Gasteiger charge is -2.34. The summed E-state index contributed by atoms with van der Waals surface area (Å²) in [6, 6.07) is 14.7. The number of hydrogen-bond acceptors (Lipinski definition) is 5. The SMILES string of the molecule is Cc1cccc(-c2nc(C#N)c(N3CCN(C(=O)c4ccc(Cl)cc4Cl)CC3)o2)c1. The lowest BCUT2D eigenvalue weighted by atomic mass is 10.1. The largest absolute Gasteiger partial charge is 0.419 e. The lowest BCUT2D eigenvalue weighted by Crippen LogP contribution is -2.49. The summed E-state index contributed by atoms with van der Waals surface area (Å²) >= 11 is 12.1. The number of aryl methyl sites for hydroxylation is 1. The zero-order chi connectivity index (χ0) is 21.3. The number of anilines is 1. The molecule has 0 atom stereocenters. The van der Waals surface area contributed by atoms with Gasteiger partial charge in [0.2, 0.25) is 17.5 Å². The Morgan fingerprint density at radius 3 is 2.57 bits per heavy atom. The van der Waals surface area contributed by atoms with E-state index < -0.39 is 0 Å². The van der Waals surface area contributed by atoms with Gasteiger partial charge < -0.3 is 14.2 Å². The molecule has 1 aliphatic heterocycles. The smallest absolute Gasteiger partial charge is 0.255 e. The fraction of sp³-hybridized carbons (Fsp3) is 0.227. The van der Waals surface area contributed by atoms with Gasteiger partial charge in [-0.05, 0) is 37.3 Å². The Hall–Kier alpha value is -3.01. The van der Waals surface area contributed by atoms with Crippen LogP contribution in [0.25, 0.3) is 11.5 Å². The Labute approximate surface area is 184 Å². The van der Waals surface area contributed by atoms with Crippen LogP contribution in [0.2, 0.25) is 10.0 Å². The van der Waals surface area contributed by atoms with Crippen LogP contribution >= 0.6 is 23.2 Å². The number of nitriles is 1. The molecule has 3 aromatic rings. The van der Waals surface area contributed by atoms with Crippen molar-refractivity contribution in [1.82, 2.24) is 9.88 Å². The van der Waals surface area contributed by atoms with Crippen molar-refractivity contribution in [3.63, 3.8) is 0 Å². The molecule has 0 bridgehead atoms. The van der Waals surface area contributed by atoms with Crippen molar-refractivity contribution in [2.24, 2.45) is 0 Å². The Kier molecular flexibility index (Phi) is 5.67. The van der Waals surface area contributed by atoms with Crippen LogP contribution < -0.4 is 4.90 Å². The number of carbonyl (C=O) groups is 1. The van der Waals surface area contributed by atoms with Gasteiger partial charge in [-0.2, -0.15) is 10.2 Å². The minimum atomic E-state index is -0.144. The molecule has 0 unspecified atom stereocenters. The predicted octanol–water partition coefficient (Wildman–Crippen LogP) is 4.79. The van der Waals surface area contributed by atoms with Crippen molar-refractivity contribution < 1.29 is 9.21 Å². The van der Waals surface area contributed by atoms with Crippen molar-refractivity contribution >= 4 is 35.0 Å². The summed E-state index contributed by atoms with van der Waals surface area (Å²) in [5.41, 5.74) is 2.57. The van der Waals surface area contributed by atoms with Crippen LogP contribution in [0.1, 0.15) is 21.6 Å². The molecule has 1 aromatic heterocycles. The second-order valence-corrected chi connectivity index (χ2v) is 7.90. The van der Waals surface area contributed by atoms with Gasteiger partial charge in [-0.25, -0.2) is 0 Å². The van der Waals surface area contributed by atoms with E-state index in [0.717, 1.165) is 11.1 Å². The number of halogens is 2. The van der Waals surface area contributed by atoms with Gasteiger partial charge in [0.15, 0.2) is 0 Å². The molecule has 1 saturated heterocycles. The van der Waals surface area contributed by atoms with Gasteiger partial charge in [0.05, 0.1) is 10.6 Å². The van der Waals surface area contributed by atoms with Crippen molar-refractivity contribution in [1.29, 1.82) is 5.26 Å². The zero-order valence-electron chi connectivity index (χ0n) is 16.2. The molecule has 152 valence electrons. The van der Waals surface area contributed by atoms with Crippen molar-refractivity contribution in [2.45, 2.75) is 6.92 Å². The van der Waals surface area contributed by atoms with E-state index in [0.29, 0.717) is 53.6 Å². The quantitative estimate of drug-likeness (QED) is 0.584. The normalized spacial score (nSPS) is 13.9. The van der Waals surface area contributed by atoms with Gasteiger partial charge in [0.1, 0.15) is 6.07 Å². The molecule has 0 radical (unpaired) electrons. The molecule has 0 saturated carbocycles. The molecule has 4 rings (SSSR count). The molecule has 2 heterocycles. The third kappa shape index (κ3) is 4.00. The third-order valence-electron chi connectivity index (χ3n) is 5.00. The summed E-state index contributed by atoms with van der Waals surface area (Å²) in [6.07, 6.45) is 0. The van der Waals surface area contributed by atoms with Crippen LogP contribution in [-0.4, -0.2) is 42.0 Å². The van der Waals surface area contributed by atoms with Crippen LogP contribution in [0.15, 0.2) is 46.9 Å². The maximum absolute atomic E-state index is 12.8. The van der Waals surface area contributed by atoms with E-state index in [4.69, 9.17) is 27.6 Å². The van der Waals surface area contributed by atoms with Crippen molar-refractivity contribution in [3.05, 3.63) is 69.3 Å². The van der Waals surface area contributed by atoms with E-state index in [1.54, 1.807) is 23.1 Å². The molecule has 8 heteroatoms. The molecule has 1 fully saturated rings. The second-order valence-electron chi connectivity index (χ2n) is 7.06. The number of hydrogen-bond donors (Lipinski definition) is 0. The van der Waals surface area contributed by atoms with E-state index in [-0.39, 0.29) is 11.6 Å². The maximum atomic E-state index is 12.8. The van der Waals surface area contributed by atoms with Gasteiger partial charge in [-0.3, -0.25) is 4.79 Å². The first-order valence-corrected chi connectivity index (χ1v) is 10.2. The van der Waals surface area contributed by atoms with Crippen LogP contribution in [0.3, 0.4) is 0 Å². The number of nitrogens with zero attached hydrogens (tertiary/aromatic N) is 4. The van der Waals surface area contributed by atoms with Crippen molar-refractivity contribution in [3.8, 4) is 17.5 Å². The van der Waals surface area contributed by atoms with Gasteiger partial charge in [0, 0.05) is 36.8 Å². The Balaban J connectivity index is 1.50. The molecular formula is C22H18Cl2N4O2. The molecule has 0 aliphatic carbocycles. The number of aromatic nitrogens is 1. The Morgan fingerprint density at radius 2 is 1.90 bits per heavy atom. The third-order valence-corrected chi connectivity index (χ3v) is 5.54. The van der Waals surface area contributed by atoms with Gasteiger partial charge in [0.25, 0.3) is 5.91 Å². The molecular weight excluding hydrogens is 423 g/mol. The van der Waals surface area contributed by atoms with E-state index in [2.05, 4.69) is 11.1 Å². The standard InChI is InChI=1S/C22H18Cl2N4O2/c1-14-3-2-4-15(11-14)20-26-19(13-25)22(30-20)28-9-7-27(8-10-28)21(29)17-6-5-16(23)12-18(17)24/h2-6,11-12H,7-10H2,1H3. The van der Waals surface area contributed by atoms with Crippen LogP contribution in [0, 0.1) is 18.3 Å². The summed E-state index contributed by atoms with van der Waals surface area (Å²) in [5, 5.41) is 10.3. The van der Waals surface area contributed by atoms with E-state index in [1.165, 1.54) is 0 Å². The number of carbonyl (C=O) groups excluding carboxylic acids is 1. The van der Waals surface area contributed by atoms with E-state index >= 15 is 0 Å². The van der Waals surface area contributed by atoms with Gasteiger partial charge in [-0.15, -0.1) is 0 Å². The summed E-state index contributed by atoms with van der Waals surface area (Å²) < 4.78 is 5.95. The number of piperazine rings is 1. The van der Waals surface area contributed by atoms with Gasteiger partial charge >= 0.3 is 0 Å². The first-order valence-electron chi connectivity index (χ1n) is 9.43.